The Kier molecular flexibility index (Phi) is 5.50. The van der Waals surface area contributed by atoms with Gasteiger partial charge in [-0.1, -0.05) is 0 Å². The van der Waals surface area contributed by atoms with E-state index in [-0.39, 0.29) is 24.4 Å². The van der Waals surface area contributed by atoms with Crippen molar-refractivity contribution in [3.63, 3.8) is 0 Å². The van der Waals surface area contributed by atoms with Crippen LogP contribution >= 0.6 is 0 Å². The molecule has 0 aromatic heterocycles. The summed E-state index contributed by atoms with van der Waals surface area (Å²) in [4.78, 5) is 21.3. The molecule has 0 bridgehead atoms. The van der Waals surface area contributed by atoms with Crippen LogP contribution in [0, 0.1) is 0 Å². The van der Waals surface area contributed by atoms with E-state index in [2.05, 4.69) is 9.47 Å². The number of ether oxygens (including phenoxy) is 2. The summed E-state index contributed by atoms with van der Waals surface area (Å²) < 4.78 is 9.17. The smallest absolute Gasteiger partial charge is 0.334 e. The van der Waals surface area contributed by atoms with E-state index in [4.69, 9.17) is 10.2 Å². The summed E-state index contributed by atoms with van der Waals surface area (Å²) in [5.41, 5.74) is -0.608. The Labute approximate surface area is 80.7 Å². The maximum absolute atomic E-state index is 10.7. The van der Waals surface area contributed by atoms with Gasteiger partial charge in [0.15, 0.2) is 0 Å². The van der Waals surface area contributed by atoms with E-state index in [1.54, 1.807) is 0 Å². The topological polar surface area (TPSA) is 93.1 Å². The molecule has 0 aliphatic heterocycles. The van der Waals surface area contributed by atoms with Gasteiger partial charge in [0, 0.05) is 14.2 Å². The van der Waals surface area contributed by atoms with Gasteiger partial charge < -0.3 is 19.7 Å². The van der Waals surface area contributed by atoms with E-state index >= 15 is 0 Å². The zero-order valence-corrected chi connectivity index (χ0v) is 7.94. The minimum absolute atomic E-state index is 0.264. The summed E-state index contributed by atoms with van der Waals surface area (Å²) in [6, 6.07) is 0. The van der Waals surface area contributed by atoms with Crippen LogP contribution < -0.4 is 0 Å². The van der Waals surface area contributed by atoms with Crippen molar-refractivity contribution in [2.75, 3.05) is 27.4 Å². The molecule has 0 aromatic carbocycles. The van der Waals surface area contributed by atoms with E-state index in [9.17, 15) is 9.59 Å². The normalized spacial score (nSPS) is 12.1. The fraction of sp³-hybridized carbons (Fsp3) is 0.500. The molecule has 0 aliphatic carbocycles. The maximum atomic E-state index is 10.7. The highest BCUT2D eigenvalue weighted by atomic mass is 16.5. The van der Waals surface area contributed by atoms with E-state index in [1.807, 2.05) is 0 Å². The molecule has 0 spiro atoms. The summed E-state index contributed by atoms with van der Waals surface area (Å²) in [7, 11) is 2.57. The first-order chi connectivity index (χ1) is 6.54. The van der Waals surface area contributed by atoms with Gasteiger partial charge in [-0.15, -0.1) is 0 Å². The zero-order chi connectivity index (χ0) is 11.1. The van der Waals surface area contributed by atoms with Crippen molar-refractivity contribution in [3.05, 3.63) is 11.1 Å². The summed E-state index contributed by atoms with van der Waals surface area (Å²) in [5.74, 6) is -2.64. The summed E-state index contributed by atoms with van der Waals surface area (Å²) in [6.45, 7) is -0.527. The monoisotopic (exact) mass is 204 g/mol. The van der Waals surface area contributed by atoms with Crippen molar-refractivity contribution in [1.82, 2.24) is 0 Å². The molecule has 0 amide bonds. The lowest BCUT2D eigenvalue weighted by Crippen LogP contribution is -2.18. The second-order valence-electron chi connectivity index (χ2n) is 2.43. The van der Waals surface area contributed by atoms with Crippen LogP contribution in [0.3, 0.4) is 0 Å². The number of methoxy groups -OCH3 is 2. The van der Waals surface area contributed by atoms with Crippen LogP contribution in [0.25, 0.3) is 0 Å². The molecule has 0 atom stereocenters. The molecule has 80 valence electrons. The van der Waals surface area contributed by atoms with E-state index in [1.165, 1.54) is 14.2 Å². The molecule has 0 unspecified atom stereocenters. The van der Waals surface area contributed by atoms with Crippen LogP contribution in [0.4, 0.5) is 0 Å². The van der Waals surface area contributed by atoms with E-state index < -0.39 is 11.9 Å². The molecule has 6 nitrogen and oxygen atoms in total. The summed E-state index contributed by atoms with van der Waals surface area (Å²) in [5, 5.41) is 17.4. The fourth-order valence-corrected chi connectivity index (χ4v) is 0.845. The largest absolute Gasteiger partial charge is 0.478 e. The number of hydrogen-bond donors (Lipinski definition) is 2. The molecular weight excluding hydrogens is 192 g/mol. The lowest BCUT2D eigenvalue weighted by Gasteiger charge is -2.06. The van der Waals surface area contributed by atoms with Gasteiger partial charge >= 0.3 is 11.9 Å². The minimum Gasteiger partial charge on any atom is -0.478 e. The number of carboxylic acids is 2. The van der Waals surface area contributed by atoms with Crippen molar-refractivity contribution >= 4 is 11.9 Å². The number of carbonyl (C=O) groups is 2. The average Bonchev–Trinajstić information content (AvgIpc) is 2.10. The van der Waals surface area contributed by atoms with Gasteiger partial charge in [0.05, 0.1) is 24.4 Å². The molecule has 0 radical (unpaired) electrons. The molecule has 0 aromatic rings. The molecule has 0 saturated heterocycles. The number of aliphatic carboxylic acids is 2. The maximum Gasteiger partial charge on any atom is 0.334 e. The van der Waals surface area contributed by atoms with Crippen LogP contribution in [-0.4, -0.2) is 49.6 Å². The standard InChI is InChI=1S/C8H12O6/c1-13-3-5(7(9)10)6(4-14-2)8(11)12/h3-4H2,1-2H3,(H,9,10)(H,11,12). The molecule has 0 rings (SSSR count). The third-order valence-corrected chi connectivity index (χ3v) is 1.46. The van der Waals surface area contributed by atoms with Crippen LogP contribution in [-0.2, 0) is 19.1 Å². The third-order valence-electron chi connectivity index (χ3n) is 1.46. The second-order valence-corrected chi connectivity index (χ2v) is 2.43. The predicted molar refractivity (Wildman–Crippen MR) is 46.0 cm³/mol. The highest BCUT2D eigenvalue weighted by molar-refractivity contribution is 5.99. The van der Waals surface area contributed by atoms with Crippen LogP contribution in [0.2, 0.25) is 0 Å². The molecule has 0 heterocycles. The Morgan fingerprint density at radius 3 is 1.36 bits per heavy atom. The van der Waals surface area contributed by atoms with E-state index in [0.717, 1.165) is 0 Å². The Bertz CT molecular complexity index is 229. The highest BCUT2D eigenvalue weighted by Crippen LogP contribution is 2.06. The molecule has 2 N–H and O–H groups in total. The first-order valence-corrected chi connectivity index (χ1v) is 3.71. The van der Waals surface area contributed by atoms with Crippen molar-refractivity contribution < 1.29 is 29.3 Å². The van der Waals surface area contributed by atoms with Gasteiger partial charge in [0.1, 0.15) is 0 Å². The van der Waals surface area contributed by atoms with Crippen LogP contribution in [0.5, 0.6) is 0 Å². The first kappa shape index (κ1) is 12.6. The van der Waals surface area contributed by atoms with Crippen molar-refractivity contribution in [2.45, 2.75) is 0 Å². The fourth-order valence-electron chi connectivity index (χ4n) is 0.845. The molecule has 6 heteroatoms. The Morgan fingerprint density at radius 1 is 0.929 bits per heavy atom. The third kappa shape index (κ3) is 3.55. The van der Waals surface area contributed by atoms with Gasteiger partial charge in [-0.3, -0.25) is 0 Å². The highest BCUT2D eigenvalue weighted by Gasteiger charge is 2.19. The van der Waals surface area contributed by atoms with Gasteiger partial charge in [0.2, 0.25) is 0 Å². The summed E-state index contributed by atoms with van der Waals surface area (Å²) >= 11 is 0. The Hall–Kier alpha value is -1.40. The van der Waals surface area contributed by atoms with Gasteiger partial charge in [0.25, 0.3) is 0 Å². The Morgan fingerprint density at radius 2 is 1.21 bits per heavy atom. The first-order valence-electron chi connectivity index (χ1n) is 3.71. The van der Waals surface area contributed by atoms with Crippen LogP contribution in [0.1, 0.15) is 0 Å². The zero-order valence-electron chi connectivity index (χ0n) is 7.94. The lowest BCUT2D eigenvalue weighted by atomic mass is 10.1. The van der Waals surface area contributed by atoms with Gasteiger partial charge in [-0.05, 0) is 0 Å². The van der Waals surface area contributed by atoms with Gasteiger partial charge in [-0.25, -0.2) is 9.59 Å². The molecule has 0 fully saturated rings. The van der Waals surface area contributed by atoms with Gasteiger partial charge in [-0.2, -0.15) is 0 Å². The number of carboxylic acid groups (broad SMARTS) is 2. The SMILES string of the molecule is COCC(C(=O)O)=C(COC)C(=O)O. The van der Waals surface area contributed by atoms with E-state index in [0.29, 0.717) is 0 Å². The quantitative estimate of drug-likeness (QED) is 0.579. The van der Waals surface area contributed by atoms with Crippen molar-refractivity contribution in [2.24, 2.45) is 0 Å². The summed E-state index contributed by atoms with van der Waals surface area (Å²) in [6.07, 6.45) is 0. The molecule has 0 saturated carbocycles. The lowest BCUT2D eigenvalue weighted by molar-refractivity contribution is -0.136. The number of hydrogen-bond acceptors (Lipinski definition) is 4. The van der Waals surface area contributed by atoms with Crippen molar-refractivity contribution in [3.8, 4) is 0 Å². The minimum atomic E-state index is -1.32. The predicted octanol–water partition coefficient (Wildman–Crippen LogP) is -0.255. The van der Waals surface area contributed by atoms with Crippen molar-refractivity contribution in [1.29, 1.82) is 0 Å². The molecular formula is C8H12O6. The van der Waals surface area contributed by atoms with Crippen LogP contribution in [0.15, 0.2) is 11.1 Å². The Balaban J connectivity index is 5.03. The second kappa shape index (κ2) is 6.11. The molecule has 14 heavy (non-hydrogen) atoms. The average molecular weight is 204 g/mol. The number of rotatable bonds is 6. The molecule has 0 aliphatic rings.